The number of benzene rings is 1. The van der Waals surface area contributed by atoms with Gasteiger partial charge in [-0.2, -0.15) is 4.98 Å². The lowest BCUT2D eigenvalue weighted by Gasteiger charge is -2.28. The van der Waals surface area contributed by atoms with Crippen LogP contribution < -0.4 is 0 Å². The van der Waals surface area contributed by atoms with Gasteiger partial charge in [0.05, 0.1) is 6.04 Å². The Balaban J connectivity index is 1.62. The maximum atomic E-state index is 13.1. The summed E-state index contributed by atoms with van der Waals surface area (Å²) in [6.07, 6.45) is 5.45. The van der Waals surface area contributed by atoms with Crippen LogP contribution in [-0.4, -0.2) is 32.1 Å². The maximum absolute atomic E-state index is 13.1. The van der Waals surface area contributed by atoms with Gasteiger partial charge in [-0.15, -0.1) is 0 Å². The van der Waals surface area contributed by atoms with E-state index in [0.29, 0.717) is 12.4 Å². The van der Waals surface area contributed by atoms with Gasteiger partial charge in [0.15, 0.2) is 5.82 Å². The summed E-state index contributed by atoms with van der Waals surface area (Å²) in [5, 5.41) is 5.16. The molecule has 1 aromatic carbocycles. The lowest BCUT2D eigenvalue weighted by Crippen LogP contribution is -2.37. The molecule has 6 heteroatoms. The normalized spacial score (nSPS) is 18.4. The van der Waals surface area contributed by atoms with Crippen LogP contribution in [0, 0.1) is 6.92 Å². The zero-order valence-corrected chi connectivity index (χ0v) is 14.4. The second-order valence-electron chi connectivity index (χ2n) is 6.67. The first kappa shape index (κ1) is 15.9. The van der Waals surface area contributed by atoms with Crippen molar-refractivity contribution in [1.82, 2.24) is 19.6 Å². The molecule has 130 valence electrons. The summed E-state index contributed by atoms with van der Waals surface area (Å²) in [7, 11) is 0. The lowest BCUT2D eigenvalue weighted by atomic mass is 10.1. The van der Waals surface area contributed by atoms with Crippen molar-refractivity contribution >= 4 is 16.8 Å². The zero-order valence-electron chi connectivity index (χ0n) is 14.4. The van der Waals surface area contributed by atoms with Gasteiger partial charge >= 0.3 is 0 Å². The Bertz CT molecular complexity index is 869. The van der Waals surface area contributed by atoms with Crippen LogP contribution in [0.25, 0.3) is 10.9 Å². The summed E-state index contributed by atoms with van der Waals surface area (Å²) in [5.41, 5.74) is 2.19. The third-order valence-electron chi connectivity index (χ3n) is 5.06. The molecule has 0 aliphatic carbocycles. The van der Waals surface area contributed by atoms with Crippen molar-refractivity contribution in [2.45, 2.75) is 45.2 Å². The third-order valence-corrected chi connectivity index (χ3v) is 5.06. The van der Waals surface area contributed by atoms with E-state index < -0.39 is 0 Å². The number of likely N-dealkylation sites (tertiary alicyclic amines) is 1. The molecule has 1 fully saturated rings. The number of amides is 1. The van der Waals surface area contributed by atoms with Crippen molar-refractivity contribution in [3.05, 3.63) is 48.2 Å². The Morgan fingerprint density at radius 3 is 3.00 bits per heavy atom. The Labute approximate surface area is 146 Å². The number of aryl methyl sites for hydroxylation is 1. The smallest absolute Gasteiger partial charge is 0.243 e. The predicted octanol–water partition coefficient (Wildman–Crippen LogP) is 3.48. The van der Waals surface area contributed by atoms with Crippen LogP contribution in [0.5, 0.6) is 0 Å². The van der Waals surface area contributed by atoms with Crippen LogP contribution in [0.4, 0.5) is 0 Å². The van der Waals surface area contributed by atoms with E-state index in [1.807, 2.05) is 24.0 Å². The zero-order chi connectivity index (χ0) is 17.2. The highest BCUT2D eigenvalue weighted by Gasteiger charge is 2.30. The molecular formula is C19H22N4O2. The average Bonchev–Trinajstić information content (AvgIpc) is 3.17. The molecule has 1 aliphatic rings. The molecule has 1 aliphatic heterocycles. The maximum Gasteiger partial charge on any atom is 0.243 e. The summed E-state index contributed by atoms with van der Waals surface area (Å²) in [5.74, 6) is 0.727. The summed E-state index contributed by atoms with van der Waals surface area (Å²) < 4.78 is 7.01. The van der Waals surface area contributed by atoms with Crippen LogP contribution in [0.15, 0.2) is 41.2 Å². The predicted molar refractivity (Wildman–Crippen MR) is 93.9 cm³/mol. The topological polar surface area (TPSA) is 64.2 Å². The highest BCUT2D eigenvalue weighted by Crippen LogP contribution is 2.29. The number of carbonyl (C=O) groups is 1. The van der Waals surface area contributed by atoms with E-state index in [4.69, 9.17) is 4.52 Å². The molecule has 0 N–H and O–H groups in total. The van der Waals surface area contributed by atoms with E-state index in [-0.39, 0.29) is 11.9 Å². The molecule has 2 aromatic heterocycles. The monoisotopic (exact) mass is 338 g/mol. The van der Waals surface area contributed by atoms with Gasteiger partial charge < -0.3 is 14.0 Å². The van der Waals surface area contributed by atoms with Crippen molar-refractivity contribution in [2.24, 2.45) is 0 Å². The number of aromatic nitrogens is 3. The van der Waals surface area contributed by atoms with E-state index in [1.54, 1.807) is 0 Å². The van der Waals surface area contributed by atoms with Crippen molar-refractivity contribution in [1.29, 1.82) is 0 Å². The van der Waals surface area contributed by atoms with Gasteiger partial charge in [-0.05, 0) is 37.3 Å². The van der Waals surface area contributed by atoms with Crippen LogP contribution >= 0.6 is 0 Å². The van der Waals surface area contributed by atoms with Gasteiger partial charge in [-0.25, -0.2) is 0 Å². The number of fused-ring (bicyclic) bond motifs is 1. The van der Waals surface area contributed by atoms with E-state index in [1.165, 1.54) is 11.8 Å². The number of carbonyl (C=O) groups excluding carboxylic acids is 1. The fourth-order valence-corrected chi connectivity index (χ4v) is 3.79. The second kappa shape index (κ2) is 6.70. The Morgan fingerprint density at radius 2 is 2.16 bits per heavy atom. The number of hydrogen-bond acceptors (Lipinski definition) is 4. The lowest BCUT2D eigenvalue weighted by molar-refractivity contribution is -0.134. The van der Waals surface area contributed by atoms with Crippen LogP contribution in [0.2, 0.25) is 0 Å². The van der Waals surface area contributed by atoms with Crippen LogP contribution in [-0.2, 0) is 11.3 Å². The number of hydrogen-bond donors (Lipinski definition) is 0. The summed E-state index contributed by atoms with van der Waals surface area (Å²) in [6, 6.07) is 10.2. The molecular weight excluding hydrogens is 316 g/mol. The standard InChI is InChI=1S/C19H22N4O2/c1-14-11-15-7-4-5-8-16(15)23(14)12-18(24)22-10-6-2-3-9-17(22)19-20-13-25-21-19/h4-5,7-8,11,13,17H,2-3,6,9-10,12H2,1H3. The number of rotatable bonds is 3. The fraction of sp³-hybridized carbons (Fsp3) is 0.421. The Morgan fingerprint density at radius 1 is 1.28 bits per heavy atom. The summed E-state index contributed by atoms with van der Waals surface area (Å²) in [4.78, 5) is 19.3. The average molecular weight is 338 g/mol. The van der Waals surface area contributed by atoms with Crippen LogP contribution in [0.1, 0.15) is 43.2 Å². The number of nitrogens with zero attached hydrogens (tertiary/aromatic N) is 4. The molecule has 0 saturated carbocycles. The molecule has 0 spiro atoms. The molecule has 3 heterocycles. The molecule has 0 radical (unpaired) electrons. The first-order chi connectivity index (χ1) is 12.2. The first-order valence-electron chi connectivity index (χ1n) is 8.84. The van der Waals surface area contributed by atoms with Gasteiger partial charge in [0.1, 0.15) is 6.54 Å². The minimum Gasteiger partial charge on any atom is -0.343 e. The van der Waals surface area contributed by atoms with Gasteiger partial charge in [0.25, 0.3) is 0 Å². The van der Waals surface area contributed by atoms with Gasteiger partial charge in [-0.3, -0.25) is 4.79 Å². The molecule has 3 aromatic rings. The van der Waals surface area contributed by atoms with Gasteiger partial charge in [-0.1, -0.05) is 36.2 Å². The number of para-hydroxylation sites is 1. The molecule has 1 saturated heterocycles. The fourth-order valence-electron chi connectivity index (χ4n) is 3.79. The minimum absolute atomic E-state index is 0.0871. The van der Waals surface area contributed by atoms with E-state index in [2.05, 4.69) is 32.9 Å². The quantitative estimate of drug-likeness (QED) is 0.733. The minimum atomic E-state index is -0.0871. The van der Waals surface area contributed by atoms with Gasteiger partial charge in [0, 0.05) is 17.8 Å². The molecule has 6 nitrogen and oxygen atoms in total. The summed E-state index contributed by atoms with van der Waals surface area (Å²) in [6.45, 7) is 3.14. The SMILES string of the molecule is Cc1cc2ccccc2n1CC(=O)N1CCCCCC1c1ncon1. The molecule has 0 bridgehead atoms. The van der Waals surface area contributed by atoms with Crippen molar-refractivity contribution < 1.29 is 9.32 Å². The molecule has 1 amide bonds. The molecule has 1 atom stereocenters. The molecule has 25 heavy (non-hydrogen) atoms. The summed E-state index contributed by atoms with van der Waals surface area (Å²) >= 11 is 0. The van der Waals surface area contributed by atoms with Crippen LogP contribution in [0.3, 0.4) is 0 Å². The van der Waals surface area contributed by atoms with Crippen molar-refractivity contribution in [3.63, 3.8) is 0 Å². The molecule has 1 unspecified atom stereocenters. The van der Waals surface area contributed by atoms with E-state index in [9.17, 15) is 4.79 Å². The van der Waals surface area contributed by atoms with E-state index in [0.717, 1.165) is 43.4 Å². The second-order valence-corrected chi connectivity index (χ2v) is 6.67. The third kappa shape index (κ3) is 3.04. The van der Waals surface area contributed by atoms with Crippen molar-refractivity contribution in [2.75, 3.05) is 6.54 Å². The Hall–Kier alpha value is -2.63. The first-order valence-corrected chi connectivity index (χ1v) is 8.84. The Kier molecular flexibility index (Phi) is 4.26. The van der Waals surface area contributed by atoms with E-state index >= 15 is 0 Å². The van der Waals surface area contributed by atoms with Gasteiger partial charge in [0.2, 0.25) is 12.3 Å². The highest BCUT2D eigenvalue weighted by atomic mass is 16.5. The highest BCUT2D eigenvalue weighted by molar-refractivity contribution is 5.84. The van der Waals surface area contributed by atoms with Crippen molar-refractivity contribution in [3.8, 4) is 0 Å². The largest absolute Gasteiger partial charge is 0.343 e. The molecule has 4 rings (SSSR count).